The van der Waals surface area contributed by atoms with E-state index < -0.39 is 0 Å². The lowest BCUT2D eigenvalue weighted by Crippen LogP contribution is -2.56. The highest BCUT2D eigenvalue weighted by Crippen LogP contribution is 2.20. The molecular weight excluding hydrogens is 234 g/mol. The second-order valence-corrected chi connectivity index (χ2v) is 4.85. The van der Waals surface area contributed by atoms with Gasteiger partial charge in [0, 0.05) is 39.3 Å². The maximum absolute atomic E-state index is 12.4. The number of morpholine rings is 1. The molecule has 0 aromatic heterocycles. The number of ether oxygens (including phenoxy) is 2. The van der Waals surface area contributed by atoms with Crippen molar-refractivity contribution in [3.8, 4) is 0 Å². The second kappa shape index (κ2) is 6.36. The molecule has 2 N–H and O–H groups in total. The van der Waals surface area contributed by atoms with Gasteiger partial charge in [-0.25, -0.2) is 4.79 Å². The van der Waals surface area contributed by atoms with Gasteiger partial charge in [0.2, 0.25) is 0 Å². The Morgan fingerprint density at radius 1 is 1.39 bits per heavy atom. The minimum absolute atomic E-state index is 0.0963. The van der Waals surface area contributed by atoms with E-state index in [1.54, 1.807) is 7.11 Å². The Labute approximate surface area is 108 Å². The number of piperidine rings is 1. The fraction of sp³-hybridized carbons (Fsp3) is 0.917. The van der Waals surface area contributed by atoms with Crippen LogP contribution >= 0.6 is 0 Å². The van der Waals surface area contributed by atoms with Crippen LogP contribution in [-0.2, 0) is 9.47 Å². The van der Waals surface area contributed by atoms with E-state index in [0.717, 1.165) is 19.4 Å². The topological polar surface area (TPSA) is 68.0 Å². The molecule has 0 aliphatic carbocycles. The maximum Gasteiger partial charge on any atom is 0.320 e. The molecule has 0 radical (unpaired) electrons. The van der Waals surface area contributed by atoms with Crippen molar-refractivity contribution in [1.29, 1.82) is 0 Å². The third-order valence-electron chi connectivity index (χ3n) is 3.80. The zero-order valence-electron chi connectivity index (χ0n) is 11.0. The molecule has 0 spiro atoms. The molecule has 0 aromatic carbocycles. The summed E-state index contributed by atoms with van der Waals surface area (Å²) in [6.07, 6.45) is 1.96. The van der Waals surface area contributed by atoms with E-state index in [1.165, 1.54) is 0 Å². The summed E-state index contributed by atoms with van der Waals surface area (Å²) in [5.74, 6) is 0. The van der Waals surface area contributed by atoms with E-state index in [1.807, 2.05) is 9.80 Å². The number of hydrogen-bond donors (Lipinski definition) is 1. The lowest BCUT2D eigenvalue weighted by molar-refractivity contribution is 0.00662. The van der Waals surface area contributed by atoms with E-state index in [0.29, 0.717) is 32.8 Å². The van der Waals surface area contributed by atoms with E-state index in [9.17, 15) is 4.79 Å². The maximum atomic E-state index is 12.4. The predicted molar refractivity (Wildman–Crippen MR) is 67.4 cm³/mol. The predicted octanol–water partition coefficient (Wildman–Crippen LogP) is -0.123. The van der Waals surface area contributed by atoms with Gasteiger partial charge in [0.15, 0.2) is 0 Å². The fourth-order valence-corrected chi connectivity index (χ4v) is 2.64. The van der Waals surface area contributed by atoms with Crippen LogP contribution in [-0.4, -0.2) is 74.5 Å². The number of likely N-dealkylation sites (tertiary alicyclic amines) is 1. The van der Waals surface area contributed by atoms with Gasteiger partial charge in [-0.2, -0.15) is 0 Å². The Hall–Kier alpha value is -0.850. The van der Waals surface area contributed by atoms with Crippen LogP contribution in [0.3, 0.4) is 0 Å². The normalized spacial score (nSPS) is 29.4. The molecule has 2 fully saturated rings. The summed E-state index contributed by atoms with van der Waals surface area (Å²) in [7, 11) is 1.72. The second-order valence-electron chi connectivity index (χ2n) is 4.85. The van der Waals surface area contributed by atoms with Gasteiger partial charge in [-0.1, -0.05) is 0 Å². The zero-order chi connectivity index (χ0) is 13.0. The molecule has 0 saturated carbocycles. The van der Waals surface area contributed by atoms with Crippen molar-refractivity contribution >= 4 is 6.03 Å². The van der Waals surface area contributed by atoms with Gasteiger partial charge >= 0.3 is 6.03 Å². The lowest BCUT2D eigenvalue weighted by Gasteiger charge is -2.41. The van der Waals surface area contributed by atoms with Crippen molar-refractivity contribution in [3.63, 3.8) is 0 Å². The Morgan fingerprint density at radius 3 is 2.72 bits per heavy atom. The Kier molecular flexibility index (Phi) is 4.79. The molecule has 2 rings (SSSR count). The molecular formula is C12H23N3O3. The molecule has 2 atom stereocenters. The molecule has 6 heteroatoms. The smallest absolute Gasteiger partial charge is 0.320 e. The van der Waals surface area contributed by atoms with Crippen LogP contribution in [0.4, 0.5) is 4.79 Å². The highest BCUT2D eigenvalue weighted by Gasteiger charge is 2.33. The van der Waals surface area contributed by atoms with E-state index >= 15 is 0 Å². The summed E-state index contributed by atoms with van der Waals surface area (Å²) in [6, 6.07) is 0.197. The number of carbonyl (C=O) groups is 1. The molecule has 2 saturated heterocycles. The number of hydrogen-bond acceptors (Lipinski definition) is 4. The van der Waals surface area contributed by atoms with Crippen LogP contribution in [0.2, 0.25) is 0 Å². The number of carbonyl (C=O) groups excluding carboxylic acids is 1. The molecule has 6 nitrogen and oxygen atoms in total. The van der Waals surface area contributed by atoms with Crippen molar-refractivity contribution in [3.05, 3.63) is 0 Å². The van der Waals surface area contributed by atoms with Gasteiger partial charge in [0.1, 0.15) is 0 Å². The first-order valence-corrected chi connectivity index (χ1v) is 6.62. The molecule has 0 aromatic rings. The van der Waals surface area contributed by atoms with Gasteiger partial charge in [-0.05, 0) is 12.8 Å². The van der Waals surface area contributed by atoms with Crippen molar-refractivity contribution in [1.82, 2.24) is 9.80 Å². The first-order chi connectivity index (χ1) is 8.76. The molecule has 2 amide bonds. The highest BCUT2D eigenvalue weighted by molar-refractivity contribution is 5.75. The van der Waals surface area contributed by atoms with Gasteiger partial charge < -0.3 is 25.0 Å². The van der Waals surface area contributed by atoms with Crippen LogP contribution in [0.5, 0.6) is 0 Å². The number of nitrogens with zero attached hydrogens (tertiary/aromatic N) is 2. The third-order valence-corrected chi connectivity index (χ3v) is 3.80. The number of methoxy groups -OCH3 is 1. The first-order valence-electron chi connectivity index (χ1n) is 6.62. The third kappa shape index (κ3) is 2.93. The largest absolute Gasteiger partial charge is 0.381 e. The molecule has 104 valence electrons. The SMILES string of the molecule is COC1CCN(C(=O)N2CCOCC2)C(CN)C1. The summed E-state index contributed by atoms with van der Waals surface area (Å²) in [5.41, 5.74) is 5.79. The monoisotopic (exact) mass is 257 g/mol. The highest BCUT2D eigenvalue weighted by atomic mass is 16.5. The van der Waals surface area contributed by atoms with Crippen molar-refractivity contribution < 1.29 is 14.3 Å². The number of rotatable bonds is 2. The van der Waals surface area contributed by atoms with E-state index in [2.05, 4.69) is 0 Å². The van der Waals surface area contributed by atoms with Crippen LogP contribution in [0.25, 0.3) is 0 Å². The summed E-state index contributed by atoms with van der Waals surface area (Å²) in [5, 5.41) is 0. The minimum Gasteiger partial charge on any atom is -0.381 e. The zero-order valence-corrected chi connectivity index (χ0v) is 11.0. The Bertz CT molecular complexity index is 282. The standard InChI is InChI=1S/C12H23N3O3/c1-17-11-2-3-15(10(8-11)9-13)12(16)14-4-6-18-7-5-14/h10-11H,2-9,13H2,1H3. The van der Waals surface area contributed by atoms with Gasteiger partial charge in [0.25, 0.3) is 0 Å². The molecule has 18 heavy (non-hydrogen) atoms. The summed E-state index contributed by atoms with van der Waals surface area (Å²) in [4.78, 5) is 16.2. The Morgan fingerprint density at radius 2 is 2.11 bits per heavy atom. The number of nitrogens with two attached hydrogens (primary N) is 1. The van der Waals surface area contributed by atoms with Crippen molar-refractivity contribution in [2.45, 2.75) is 25.0 Å². The van der Waals surface area contributed by atoms with Gasteiger partial charge in [-0.15, -0.1) is 0 Å². The molecule has 2 aliphatic rings. The van der Waals surface area contributed by atoms with Gasteiger partial charge in [-0.3, -0.25) is 0 Å². The first kappa shape index (κ1) is 13.6. The number of urea groups is 1. The summed E-state index contributed by atoms with van der Waals surface area (Å²) < 4.78 is 10.6. The van der Waals surface area contributed by atoms with E-state index in [-0.39, 0.29) is 18.2 Å². The summed E-state index contributed by atoms with van der Waals surface area (Å²) >= 11 is 0. The molecule has 0 bridgehead atoms. The summed E-state index contributed by atoms with van der Waals surface area (Å²) in [6.45, 7) is 3.86. The Balaban J connectivity index is 1.95. The molecule has 2 aliphatic heterocycles. The quantitative estimate of drug-likeness (QED) is 0.748. The lowest BCUT2D eigenvalue weighted by atomic mass is 9.99. The van der Waals surface area contributed by atoms with E-state index in [4.69, 9.17) is 15.2 Å². The van der Waals surface area contributed by atoms with Crippen LogP contribution in [0, 0.1) is 0 Å². The molecule has 2 unspecified atom stereocenters. The average Bonchev–Trinajstić information content (AvgIpc) is 2.46. The van der Waals surface area contributed by atoms with Crippen LogP contribution in [0.1, 0.15) is 12.8 Å². The fourth-order valence-electron chi connectivity index (χ4n) is 2.64. The van der Waals surface area contributed by atoms with Crippen molar-refractivity contribution in [2.75, 3.05) is 46.5 Å². The number of amides is 2. The van der Waals surface area contributed by atoms with Crippen LogP contribution < -0.4 is 5.73 Å². The minimum atomic E-state index is 0.0963. The molecule has 2 heterocycles. The van der Waals surface area contributed by atoms with Gasteiger partial charge in [0.05, 0.1) is 19.3 Å². The average molecular weight is 257 g/mol. The van der Waals surface area contributed by atoms with Crippen LogP contribution in [0.15, 0.2) is 0 Å². The van der Waals surface area contributed by atoms with Crippen molar-refractivity contribution in [2.24, 2.45) is 5.73 Å².